The number of aromatic nitrogens is 2. The minimum absolute atomic E-state index is 0.522. The standard InChI is InChI=1S/C13H17N3/c1-11(2)15-9-12-3-5-13(6-4-12)16-8-7-14-10-16/h3-8,10-11,15H,9H2,1-2H3. The van der Waals surface area contributed by atoms with Crippen LogP contribution in [0.3, 0.4) is 0 Å². The van der Waals surface area contributed by atoms with E-state index < -0.39 is 0 Å². The zero-order valence-electron chi connectivity index (χ0n) is 9.72. The maximum atomic E-state index is 4.03. The fourth-order valence-corrected chi connectivity index (χ4v) is 1.52. The summed E-state index contributed by atoms with van der Waals surface area (Å²) in [5.74, 6) is 0. The second kappa shape index (κ2) is 4.94. The molecule has 0 bridgehead atoms. The Morgan fingerprint density at radius 2 is 2.00 bits per heavy atom. The van der Waals surface area contributed by atoms with Crippen LogP contribution in [0.2, 0.25) is 0 Å². The normalized spacial score (nSPS) is 10.9. The van der Waals surface area contributed by atoms with Crippen molar-refractivity contribution in [1.82, 2.24) is 14.9 Å². The maximum absolute atomic E-state index is 4.03. The van der Waals surface area contributed by atoms with Gasteiger partial charge < -0.3 is 9.88 Å². The summed E-state index contributed by atoms with van der Waals surface area (Å²) < 4.78 is 2.00. The van der Waals surface area contributed by atoms with Crippen LogP contribution < -0.4 is 5.32 Å². The predicted molar refractivity (Wildman–Crippen MR) is 65.5 cm³/mol. The van der Waals surface area contributed by atoms with E-state index in [2.05, 4.69) is 48.4 Å². The Morgan fingerprint density at radius 1 is 1.25 bits per heavy atom. The van der Waals surface area contributed by atoms with Crippen LogP contribution in [0.25, 0.3) is 5.69 Å². The average molecular weight is 215 g/mol. The maximum Gasteiger partial charge on any atom is 0.0991 e. The number of hydrogen-bond acceptors (Lipinski definition) is 2. The van der Waals surface area contributed by atoms with E-state index in [-0.39, 0.29) is 0 Å². The van der Waals surface area contributed by atoms with Gasteiger partial charge >= 0.3 is 0 Å². The van der Waals surface area contributed by atoms with Gasteiger partial charge in [-0.3, -0.25) is 0 Å². The fourth-order valence-electron chi connectivity index (χ4n) is 1.52. The summed E-state index contributed by atoms with van der Waals surface area (Å²) in [6.07, 6.45) is 5.54. The van der Waals surface area contributed by atoms with Gasteiger partial charge in [0.25, 0.3) is 0 Å². The summed E-state index contributed by atoms with van der Waals surface area (Å²) in [6, 6.07) is 9.03. The van der Waals surface area contributed by atoms with Crippen molar-refractivity contribution in [3.63, 3.8) is 0 Å². The van der Waals surface area contributed by atoms with Crippen molar-refractivity contribution in [3.05, 3.63) is 48.5 Å². The van der Waals surface area contributed by atoms with Crippen LogP contribution in [0, 0.1) is 0 Å². The topological polar surface area (TPSA) is 29.9 Å². The van der Waals surface area contributed by atoms with E-state index in [0.717, 1.165) is 12.2 Å². The van der Waals surface area contributed by atoms with Crippen molar-refractivity contribution < 1.29 is 0 Å². The van der Waals surface area contributed by atoms with Gasteiger partial charge in [-0.2, -0.15) is 0 Å². The van der Waals surface area contributed by atoms with Gasteiger partial charge in [-0.05, 0) is 17.7 Å². The lowest BCUT2D eigenvalue weighted by atomic mass is 10.2. The van der Waals surface area contributed by atoms with Gasteiger partial charge in [-0.25, -0.2) is 4.98 Å². The Bertz CT molecular complexity index is 415. The van der Waals surface area contributed by atoms with Gasteiger partial charge in [0, 0.05) is 30.7 Å². The molecule has 0 spiro atoms. The molecule has 16 heavy (non-hydrogen) atoms. The van der Waals surface area contributed by atoms with Crippen molar-refractivity contribution in [2.45, 2.75) is 26.4 Å². The van der Waals surface area contributed by atoms with Crippen LogP contribution in [0.4, 0.5) is 0 Å². The van der Waals surface area contributed by atoms with Crippen molar-refractivity contribution in [3.8, 4) is 5.69 Å². The summed E-state index contributed by atoms with van der Waals surface area (Å²) in [5, 5.41) is 3.40. The SMILES string of the molecule is CC(C)NCc1ccc(-n2ccnc2)cc1. The number of imidazole rings is 1. The predicted octanol–water partition coefficient (Wildman–Crippen LogP) is 2.37. The third kappa shape index (κ3) is 2.70. The molecule has 1 aromatic heterocycles. The molecule has 0 radical (unpaired) electrons. The van der Waals surface area contributed by atoms with Crippen molar-refractivity contribution >= 4 is 0 Å². The monoisotopic (exact) mass is 215 g/mol. The van der Waals surface area contributed by atoms with Gasteiger partial charge in [0.1, 0.15) is 0 Å². The molecular formula is C13H17N3. The lowest BCUT2D eigenvalue weighted by molar-refractivity contribution is 0.589. The smallest absolute Gasteiger partial charge is 0.0991 e. The van der Waals surface area contributed by atoms with Gasteiger partial charge in [-0.15, -0.1) is 0 Å². The molecule has 0 fully saturated rings. The second-order valence-electron chi connectivity index (χ2n) is 4.17. The molecule has 1 heterocycles. The number of benzene rings is 1. The molecular weight excluding hydrogens is 198 g/mol. The second-order valence-corrected chi connectivity index (χ2v) is 4.17. The van der Waals surface area contributed by atoms with Crippen LogP contribution in [0.15, 0.2) is 43.0 Å². The van der Waals surface area contributed by atoms with Gasteiger partial charge in [0.15, 0.2) is 0 Å². The molecule has 0 aliphatic carbocycles. The molecule has 2 rings (SSSR count). The van der Waals surface area contributed by atoms with Crippen LogP contribution in [-0.2, 0) is 6.54 Å². The minimum Gasteiger partial charge on any atom is -0.310 e. The largest absolute Gasteiger partial charge is 0.310 e. The highest BCUT2D eigenvalue weighted by Crippen LogP contribution is 2.09. The van der Waals surface area contributed by atoms with E-state index in [1.807, 2.05) is 10.8 Å². The van der Waals surface area contributed by atoms with Gasteiger partial charge in [0.05, 0.1) is 6.33 Å². The van der Waals surface area contributed by atoms with E-state index in [1.54, 1.807) is 12.5 Å². The molecule has 0 saturated carbocycles. The van der Waals surface area contributed by atoms with Gasteiger partial charge in [-0.1, -0.05) is 26.0 Å². The lowest BCUT2D eigenvalue weighted by Crippen LogP contribution is -2.21. The molecule has 0 aliphatic heterocycles. The van der Waals surface area contributed by atoms with E-state index >= 15 is 0 Å². The van der Waals surface area contributed by atoms with Crippen molar-refractivity contribution in [2.75, 3.05) is 0 Å². The van der Waals surface area contributed by atoms with Crippen LogP contribution in [0.1, 0.15) is 19.4 Å². The summed E-state index contributed by atoms with van der Waals surface area (Å²) in [4.78, 5) is 4.03. The molecule has 0 atom stereocenters. The molecule has 0 amide bonds. The zero-order chi connectivity index (χ0) is 11.4. The highest BCUT2D eigenvalue weighted by molar-refractivity contribution is 5.34. The first kappa shape index (κ1) is 10.9. The quantitative estimate of drug-likeness (QED) is 0.848. The molecule has 0 unspecified atom stereocenters. The highest BCUT2D eigenvalue weighted by Gasteiger charge is 1.97. The zero-order valence-corrected chi connectivity index (χ0v) is 9.72. The Morgan fingerprint density at radius 3 is 2.56 bits per heavy atom. The van der Waals surface area contributed by atoms with Crippen LogP contribution in [0.5, 0.6) is 0 Å². The molecule has 0 aliphatic rings. The Labute approximate surface area is 96.1 Å². The van der Waals surface area contributed by atoms with Gasteiger partial charge in [0.2, 0.25) is 0 Å². The number of rotatable bonds is 4. The van der Waals surface area contributed by atoms with Crippen LogP contribution >= 0.6 is 0 Å². The summed E-state index contributed by atoms with van der Waals surface area (Å²) >= 11 is 0. The molecule has 2 aromatic rings. The highest BCUT2D eigenvalue weighted by atomic mass is 15.0. The number of hydrogen-bond donors (Lipinski definition) is 1. The Hall–Kier alpha value is -1.61. The summed E-state index contributed by atoms with van der Waals surface area (Å²) in [7, 11) is 0. The molecule has 3 nitrogen and oxygen atoms in total. The summed E-state index contributed by atoms with van der Waals surface area (Å²) in [5.41, 5.74) is 2.45. The first-order chi connectivity index (χ1) is 7.75. The van der Waals surface area contributed by atoms with E-state index in [1.165, 1.54) is 5.56 Å². The molecule has 1 N–H and O–H groups in total. The Kier molecular flexibility index (Phi) is 3.37. The fraction of sp³-hybridized carbons (Fsp3) is 0.308. The van der Waals surface area contributed by atoms with Crippen molar-refractivity contribution in [2.24, 2.45) is 0 Å². The first-order valence-corrected chi connectivity index (χ1v) is 5.56. The number of nitrogens with one attached hydrogen (secondary N) is 1. The number of nitrogens with zero attached hydrogens (tertiary/aromatic N) is 2. The molecule has 3 heteroatoms. The minimum atomic E-state index is 0.522. The third-order valence-corrected chi connectivity index (χ3v) is 2.45. The Balaban J connectivity index is 2.05. The lowest BCUT2D eigenvalue weighted by Gasteiger charge is -2.08. The average Bonchev–Trinajstić information content (AvgIpc) is 2.80. The molecule has 0 saturated heterocycles. The van der Waals surface area contributed by atoms with Crippen LogP contribution in [-0.4, -0.2) is 15.6 Å². The third-order valence-electron chi connectivity index (χ3n) is 2.45. The summed E-state index contributed by atoms with van der Waals surface area (Å²) in [6.45, 7) is 5.22. The molecule has 84 valence electrons. The van der Waals surface area contributed by atoms with Crippen molar-refractivity contribution in [1.29, 1.82) is 0 Å². The molecule has 1 aromatic carbocycles. The van der Waals surface area contributed by atoms with E-state index in [4.69, 9.17) is 0 Å². The van der Waals surface area contributed by atoms with E-state index in [0.29, 0.717) is 6.04 Å². The first-order valence-electron chi connectivity index (χ1n) is 5.56. The van der Waals surface area contributed by atoms with E-state index in [9.17, 15) is 0 Å².